The standard InChI is InChI=1S/C10H18O/c1-3-4-5-6-10(7-8-10)9(2)11/h5-6,9,11H,3-4,7-8H2,1-2H3/b6-5+. The molecule has 1 heteroatoms. The van der Waals surface area contributed by atoms with Gasteiger partial charge in [-0.25, -0.2) is 0 Å². The second kappa shape index (κ2) is 3.40. The van der Waals surface area contributed by atoms with E-state index >= 15 is 0 Å². The van der Waals surface area contributed by atoms with Gasteiger partial charge in [0.2, 0.25) is 0 Å². The minimum atomic E-state index is -0.157. The first-order valence-corrected chi connectivity index (χ1v) is 4.57. The normalized spacial score (nSPS) is 23.9. The number of aliphatic hydroxyl groups excluding tert-OH is 1. The number of aliphatic hydroxyl groups is 1. The van der Waals surface area contributed by atoms with Gasteiger partial charge in [-0.15, -0.1) is 0 Å². The van der Waals surface area contributed by atoms with Crippen LogP contribution in [0.15, 0.2) is 12.2 Å². The van der Waals surface area contributed by atoms with Gasteiger partial charge in [0.25, 0.3) is 0 Å². The van der Waals surface area contributed by atoms with Gasteiger partial charge in [-0.2, -0.15) is 0 Å². The SMILES string of the molecule is CCC/C=C/C1(C(C)O)CC1. The van der Waals surface area contributed by atoms with Crippen molar-refractivity contribution in [2.45, 2.75) is 45.6 Å². The minimum absolute atomic E-state index is 0.157. The van der Waals surface area contributed by atoms with Crippen LogP contribution in [0.4, 0.5) is 0 Å². The monoisotopic (exact) mass is 154 g/mol. The Bertz CT molecular complexity index is 143. The molecule has 0 amide bonds. The molecule has 1 saturated carbocycles. The van der Waals surface area contributed by atoms with Crippen LogP contribution in [-0.4, -0.2) is 11.2 Å². The molecule has 0 radical (unpaired) electrons. The molecular formula is C10H18O. The first-order valence-electron chi connectivity index (χ1n) is 4.57. The Hall–Kier alpha value is -0.300. The molecule has 1 aliphatic rings. The van der Waals surface area contributed by atoms with Gasteiger partial charge in [0.15, 0.2) is 0 Å². The van der Waals surface area contributed by atoms with Crippen LogP contribution in [0.5, 0.6) is 0 Å². The van der Waals surface area contributed by atoms with Crippen molar-refractivity contribution in [2.24, 2.45) is 5.41 Å². The molecule has 1 N–H and O–H groups in total. The van der Waals surface area contributed by atoms with Gasteiger partial charge in [0, 0.05) is 5.41 Å². The molecule has 11 heavy (non-hydrogen) atoms. The van der Waals surface area contributed by atoms with E-state index in [0.29, 0.717) is 0 Å². The topological polar surface area (TPSA) is 20.2 Å². The van der Waals surface area contributed by atoms with Crippen LogP contribution in [0.3, 0.4) is 0 Å². The molecule has 1 nitrogen and oxygen atoms in total. The van der Waals surface area contributed by atoms with Gasteiger partial charge in [0.05, 0.1) is 6.10 Å². The van der Waals surface area contributed by atoms with E-state index < -0.39 is 0 Å². The van der Waals surface area contributed by atoms with Gasteiger partial charge in [0.1, 0.15) is 0 Å². The van der Waals surface area contributed by atoms with Crippen LogP contribution in [0.25, 0.3) is 0 Å². The molecule has 0 heterocycles. The highest BCUT2D eigenvalue weighted by Gasteiger charge is 2.44. The summed E-state index contributed by atoms with van der Waals surface area (Å²) in [4.78, 5) is 0. The highest BCUT2D eigenvalue weighted by molar-refractivity contribution is 5.11. The summed E-state index contributed by atoms with van der Waals surface area (Å²) in [7, 11) is 0. The van der Waals surface area contributed by atoms with Crippen molar-refractivity contribution >= 4 is 0 Å². The molecule has 0 aromatic rings. The molecule has 1 atom stereocenters. The summed E-state index contributed by atoms with van der Waals surface area (Å²) < 4.78 is 0. The molecule has 0 spiro atoms. The molecule has 1 rings (SSSR count). The third kappa shape index (κ3) is 2.06. The summed E-state index contributed by atoms with van der Waals surface area (Å²) in [5, 5.41) is 9.39. The van der Waals surface area contributed by atoms with Crippen molar-refractivity contribution in [1.82, 2.24) is 0 Å². The average Bonchev–Trinajstić information content (AvgIpc) is 2.70. The Balaban J connectivity index is 2.35. The molecular weight excluding hydrogens is 136 g/mol. The number of hydrogen-bond donors (Lipinski definition) is 1. The lowest BCUT2D eigenvalue weighted by molar-refractivity contribution is 0.137. The Morgan fingerprint density at radius 3 is 2.55 bits per heavy atom. The van der Waals surface area contributed by atoms with Crippen LogP contribution in [0.2, 0.25) is 0 Å². The summed E-state index contributed by atoms with van der Waals surface area (Å²) in [6.45, 7) is 4.07. The number of allylic oxidation sites excluding steroid dienone is 1. The fourth-order valence-corrected chi connectivity index (χ4v) is 1.35. The predicted octanol–water partition coefficient (Wildman–Crippen LogP) is 2.50. The zero-order chi connectivity index (χ0) is 8.32. The smallest absolute Gasteiger partial charge is 0.0602 e. The highest BCUT2D eigenvalue weighted by Crippen LogP contribution is 2.50. The third-order valence-electron chi connectivity index (χ3n) is 2.56. The Kier molecular flexibility index (Phi) is 2.72. The molecule has 0 saturated heterocycles. The van der Waals surface area contributed by atoms with Crippen LogP contribution in [0.1, 0.15) is 39.5 Å². The summed E-state index contributed by atoms with van der Waals surface area (Å²) in [6, 6.07) is 0. The van der Waals surface area contributed by atoms with Crippen molar-refractivity contribution in [3.8, 4) is 0 Å². The van der Waals surface area contributed by atoms with Gasteiger partial charge in [-0.05, 0) is 26.2 Å². The fraction of sp³-hybridized carbons (Fsp3) is 0.800. The summed E-state index contributed by atoms with van der Waals surface area (Å²) in [5.74, 6) is 0. The number of unbranched alkanes of at least 4 members (excludes halogenated alkanes) is 1. The predicted molar refractivity (Wildman–Crippen MR) is 47.4 cm³/mol. The van der Waals surface area contributed by atoms with E-state index in [1.807, 2.05) is 6.92 Å². The van der Waals surface area contributed by atoms with Crippen LogP contribution in [0, 0.1) is 5.41 Å². The minimum Gasteiger partial charge on any atom is -0.393 e. The van der Waals surface area contributed by atoms with Gasteiger partial charge >= 0.3 is 0 Å². The largest absolute Gasteiger partial charge is 0.393 e. The molecule has 0 aliphatic heterocycles. The average molecular weight is 154 g/mol. The molecule has 0 aromatic carbocycles. The summed E-state index contributed by atoms with van der Waals surface area (Å²) >= 11 is 0. The lowest BCUT2D eigenvalue weighted by Crippen LogP contribution is -2.14. The van der Waals surface area contributed by atoms with Crippen molar-refractivity contribution < 1.29 is 5.11 Å². The second-order valence-corrected chi connectivity index (χ2v) is 3.60. The molecule has 0 aromatic heterocycles. The van der Waals surface area contributed by atoms with E-state index in [0.717, 1.165) is 6.42 Å². The lowest BCUT2D eigenvalue weighted by atomic mass is 10.00. The van der Waals surface area contributed by atoms with Gasteiger partial charge in [-0.3, -0.25) is 0 Å². The molecule has 1 aliphatic carbocycles. The zero-order valence-electron chi connectivity index (χ0n) is 7.51. The van der Waals surface area contributed by atoms with E-state index in [-0.39, 0.29) is 11.5 Å². The zero-order valence-corrected chi connectivity index (χ0v) is 7.51. The van der Waals surface area contributed by atoms with Crippen LogP contribution < -0.4 is 0 Å². The Labute approximate surface area is 69.1 Å². The third-order valence-corrected chi connectivity index (χ3v) is 2.56. The lowest BCUT2D eigenvalue weighted by Gasteiger charge is -2.12. The van der Waals surface area contributed by atoms with Gasteiger partial charge < -0.3 is 5.11 Å². The molecule has 0 bridgehead atoms. The van der Waals surface area contributed by atoms with Crippen molar-refractivity contribution in [2.75, 3.05) is 0 Å². The maximum atomic E-state index is 9.39. The van der Waals surface area contributed by atoms with E-state index in [4.69, 9.17) is 0 Å². The van der Waals surface area contributed by atoms with Crippen LogP contribution >= 0.6 is 0 Å². The Morgan fingerprint density at radius 2 is 2.18 bits per heavy atom. The molecule has 64 valence electrons. The first-order chi connectivity index (χ1) is 5.21. The van der Waals surface area contributed by atoms with Crippen molar-refractivity contribution in [3.05, 3.63) is 12.2 Å². The van der Waals surface area contributed by atoms with E-state index in [9.17, 15) is 5.11 Å². The van der Waals surface area contributed by atoms with E-state index in [1.54, 1.807) is 0 Å². The fourth-order valence-electron chi connectivity index (χ4n) is 1.35. The number of rotatable bonds is 4. The van der Waals surface area contributed by atoms with Crippen molar-refractivity contribution in [3.63, 3.8) is 0 Å². The Morgan fingerprint density at radius 1 is 1.55 bits per heavy atom. The molecule has 1 fully saturated rings. The summed E-state index contributed by atoms with van der Waals surface area (Å²) in [5.41, 5.74) is 0.176. The van der Waals surface area contributed by atoms with Crippen molar-refractivity contribution in [1.29, 1.82) is 0 Å². The van der Waals surface area contributed by atoms with E-state index in [1.165, 1.54) is 19.3 Å². The maximum absolute atomic E-state index is 9.39. The maximum Gasteiger partial charge on any atom is 0.0602 e. The van der Waals surface area contributed by atoms with Crippen LogP contribution in [-0.2, 0) is 0 Å². The highest BCUT2D eigenvalue weighted by atomic mass is 16.3. The number of hydrogen-bond acceptors (Lipinski definition) is 1. The molecule has 1 unspecified atom stereocenters. The quantitative estimate of drug-likeness (QED) is 0.617. The first kappa shape index (κ1) is 8.79. The van der Waals surface area contributed by atoms with E-state index in [2.05, 4.69) is 19.1 Å². The van der Waals surface area contributed by atoms with Gasteiger partial charge in [-0.1, -0.05) is 25.5 Å². The summed E-state index contributed by atoms with van der Waals surface area (Å²) in [6.07, 6.45) is 8.95. The second-order valence-electron chi connectivity index (χ2n) is 3.60.